The van der Waals surface area contributed by atoms with Gasteiger partial charge < -0.3 is 15.3 Å². The number of carbonyl (C=O) groups excluding carboxylic acids is 1. The number of piperidine rings is 1. The van der Waals surface area contributed by atoms with E-state index in [1.54, 1.807) is 0 Å². The number of nitrogens with zero attached hydrogens (tertiary/aromatic N) is 3. The van der Waals surface area contributed by atoms with Crippen molar-refractivity contribution >= 4 is 28.0 Å². The molecule has 0 bridgehead atoms. The van der Waals surface area contributed by atoms with Crippen LogP contribution < -0.4 is 5.32 Å². The fraction of sp³-hybridized carbons (Fsp3) is 0.375. The molecule has 0 radical (unpaired) electrons. The smallest absolute Gasteiger partial charge is 0.223 e. The molecule has 2 aromatic carbocycles. The summed E-state index contributed by atoms with van der Waals surface area (Å²) in [5, 5.41) is 3.10. The zero-order valence-corrected chi connectivity index (χ0v) is 17.8. The van der Waals surface area contributed by atoms with Gasteiger partial charge in [0.05, 0.1) is 28.6 Å². The number of hydrogen-bond acceptors (Lipinski definition) is 4. The van der Waals surface area contributed by atoms with Gasteiger partial charge in [-0.05, 0) is 62.7 Å². The van der Waals surface area contributed by atoms with Crippen LogP contribution in [0.2, 0.25) is 0 Å². The number of likely N-dealkylation sites (tertiary alicyclic amines) is 1. The van der Waals surface area contributed by atoms with E-state index in [1.807, 2.05) is 24.3 Å². The molecule has 160 valence electrons. The maximum atomic E-state index is 12.6. The van der Waals surface area contributed by atoms with Crippen molar-refractivity contribution in [1.29, 1.82) is 0 Å². The largest absolute Gasteiger partial charge is 0.355 e. The number of amides is 1. The van der Waals surface area contributed by atoms with Crippen LogP contribution in [0.25, 0.3) is 22.1 Å². The monoisotopic (exact) mass is 416 g/mol. The standard InChI is InChI=1S/C24H28N6O/c1-16-6-7-20-21(14-16)29-23(28-20)15-30-12-9-17(10-13-30)24(31)25-11-8-22-26-18-4-2-3-5-19(18)27-22/h2-7,14,17H,8-13,15H2,1H3,(H,25,31)(H,26,27)(H,28,29). The molecular formula is C24H28N6O. The van der Waals surface area contributed by atoms with Crippen LogP contribution in [0.5, 0.6) is 0 Å². The van der Waals surface area contributed by atoms with Gasteiger partial charge in [0.1, 0.15) is 11.6 Å². The lowest BCUT2D eigenvalue weighted by Gasteiger charge is -2.30. The average Bonchev–Trinajstić information content (AvgIpc) is 3.36. The maximum Gasteiger partial charge on any atom is 0.223 e. The molecule has 3 heterocycles. The second kappa shape index (κ2) is 8.51. The second-order valence-electron chi connectivity index (χ2n) is 8.50. The van der Waals surface area contributed by atoms with Gasteiger partial charge in [0, 0.05) is 18.9 Å². The van der Waals surface area contributed by atoms with E-state index in [0.717, 1.165) is 66.2 Å². The van der Waals surface area contributed by atoms with Crippen molar-refractivity contribution in [1.82, 2.24) is 30.2 Å². The first kappa shape index (κ1) is 19.8. The predicted octanol–water partition coefficient (Wildman–Crippen LogP) is 3.32. The van der Waals surface area contributed by atoms with E-state index < -0.39 is 0 Å². The molecule has 0 atom stereocenters. The van der Waals surface area contributed by atoms with Gasteiger partial charge in [0.15, 0.2) is 0 Å². The lowest BCUT2D eigenvalue weighted by Crippen LogP contribution is -2.40. The molecule has 7 nitrogen and oxygen atoms in total. The predicted molar refractivity (Wildman–Crippen MR) is 122 cm³/mol. The Labute approximate surface area is 181 Å². The number of aryl methyl sites for hydroxylation is 1. The third-order valence-electron chi connectivity index (χ3n) is 6.12. The van der Waals surface area contributed by atoms with Crippen molar-refractivity contribution in [2.24, 2.45) is 5.92 Å². The Morgan fingerprint density at radius 1 is 1.03 bits per heavy atom. The number of nitrogens with one attached hydrogen (secondary N) is 3. The summed E-state index contributed by atoms with van der Waals surface area (Å²) in [5.41, 5.74) is 5.34. The molecule has 31 heavy (non-hydrogen) atoms. The average molecular weight is 417 g/mol. The molecule has 0 saturated carbocycles. The molecule has 1 fully saturated rings. The Bertz CT molecular complexity index is 1170. The Balaban J connectivity index is 1.08. The normalized spacial score (nSPS) is 15.6. The number of imidazole rings is 2. The van der Waals surface area contributed by atoms with Crippen LogP contribution in [-0.4, -0.2) is 50.4 Å². The number of para-hydroxylation sites is 2. The Kier molecular flexibility index (Phi) is 5.42. The summed E-state index contributed by atoms with van der Waals surface area (Å²) in [4.78, 5) is 31.0. The Hall–Kier alpha value is -3.19. The first-order chi connectivity index (χ1) is 15.1. The molecule has 1 saturated heterocycles. The summed E-state index contributed by atoms with van der Waals surface area (Å²) in [5.74, 6) is 2.16. The van der Waals surface area contributed by atoms with Crippen LogP contribution in [0.4, 0.5) is 0 Å². The fourth-order valence-corrected chi connectivity index (χ4v) is 4.39. The number of aromatic nitrogens is 4. The van der Waals surface area contributed by atoms with Gasteiger partial charge in [-0.3, -0.25) is 9.69 Å². The van der Waals surface area contributed by atoms with Crippen molar-refractivity contribution in [2.45, 2.75) is 32.7 Å². The minimum absolute atomic E-state index is 0.0882. The quantitative estimate of drug-likeness (QED) is 0.450. The van der Waals surface area contributed by atoms with Gasteiger partial charge in [0.2, 0.25) is 5.91 Å². The van der Waals surface area contributed by atoms with Crippen molar-refractivity contribution in [3.63, 3.8) is 0 Å². The SMILES string of the molecule is Cc1ccc2nc(CN3CCC(C(=O)NCCc4nc5ccccc5[nH]4)CC3)[nH]c2c1. The zero-order chi connectivity index (χ0) is 21.2. The van der Waals surface area contributed by atoms with Crippen molar-refractivity contribution in [3.8, 4) is 0 Å². The molecule has 7 heteroatoms. The second-order valence-corrected chi connectivity index (χ2v) is 8.50. The number of hydrogen-bond donors (Lipinski definition) is 3. The number of H-pyrrole nitrogens is 2. The first-order valence-corrected chi connectivity index (χ1v) is 11.0. The minimum atomic E-state index is 0.0882. The molecule has 1 aliphatic heterocycles. The van der Waals surface area contributed by atoms with Crippen LogP contribution in [0, 0.1) is 12.8 Å². The highest BCUT2D eigenvalue weighted by atomic mass is 16.1. The van der Waals surface area contributed by atoms with E-state index in [1.165, 1.54) is 5.56 Å². The molecule has 5 rings (SSSR count). The van der Waals surface area contributed by atoms with Gasteiger partial charge in [-0.15, -0.1) is 0 Å². The van der Waals surface area contributed by atoms with Crippen LogP contribution in [0.15, 0.2) is 42.5 Å². The molecule has 4 aromatic rings. The highest BCUT2D eigenvalue weighted by Gasteiger charge is 2.25. The van der Waals surface area contributed by atoms with E-state index >= 15 is 0 Å². The van der Waals surface area contributed by atoms with Gasteiger partial charge in [-0.1, -0.05) is 18.2 Å². The van der Waals surface area contributed by atoms with E-state index in [0.29, 0.717) is 13.0 Å². The molecule has 1 aliphatic rings. The molecule has 2 aromatic heterocycles. The summed E-state index contributed by atoms with van der Waals surface area (Å²) in [7, 11) is 0. The van der Waals surface area contributed by atoms with Crippen molar-refractivity contribution < 1.29 is 4.79 Å². The summed E-state index contributed by atoms with van der Waals surface area (Å²) < 4.78 is 0. The summed E-state index contributed by atoms with van der Waals surface area (Å²) >= 11 is 0. The number of fused-ring (bicyclic) bond motifs is 2. The topological polar surface area (TPSA) is 89.7 Å². The van der Waals surface area contributed by atoms with Gasteiger partial charge in [-0.2, -0.15) is 0 Å². The highest BCUT2D eigenvalue weighted by Crippen LogP contribution is 2.20. The lowest BCUT2D eigenvalue weighted by molar-refractivity contribution is -0.126. The third kappa shape index (κ3) is 4.46. The van der Waals surface area contributed by atoms with E-state index in [9.17, 15) is 4.79 Å². The molecule has 0 unspecified atom stereocenters. The van der Waals surface area contributed by atoms with E-state index in [-0.39, 0.29) is 11.8 Å². The fourth-order valence-electron chi connectivity index (χ4n) is 4.39. The third-order valence-corrected chi connectivity index (χ3v) is 6.12. The minimum Gasteiger partial charge on any atom is -0.355 e. The Morgan fingerprint density at radius 3 is 2.61 bits per heavy atom. The highest BCUT2D eigenvalue weighted by molar-refractivity contribution is 5.79. The number of benzene rings is 2. The molecule has 0 spiro atoms. The van der Waals surface area contributed by atoms with Gasteiger partial charge in [-0.25, -0.2) is 9.97 Å². The van der Waals surface area contributed by atoms with Crippen molar-refractivity contribution in [3.05, 3.63) is 59.7 Å². The zero-order valence-electron chi connectivity index (χ0n) is 17.8. The molecule has 1 amide bonds. The summed E-state index contributed by atoms with van der Waals surface area (Å²) in [6, 6.07) is 14.3. The van der Waals surface area contributed by atoms with Gasteiger partial charge >= 0.3 is 0 Å². The summed E-state index contributed by atoms with van der Waals surface area (Å²) in [6.45, 7) is 5.33. The Morgan fingerprint density at radius 2 is 1.77 bits per heavy atom. The van der Waals surface area contributed by atoms with Crippen LogP contribution in [0.1, 0.15) is 30.1 Å². The number of rotatable bonds is 6. The summed E-state index contributed by atoms with van der Waals surface area (Å²) in [6.07, 6.45) is 2.48. The molecule has 3 N–H and O–H groups in total. The van der Waals surface area contributed by atoms with Crippen molar-refractivity contribution in [2.75, 3.05) is 19.6 Å². The molecule has 0 aliphatic carbocycles. The first-order valence-electron chi connectivity index (χ1n) is 11.0. The lowest BCUT2D eigenvalue weighted by atomic mass is 9.96. The van der Waals surface area contributed by atoms with Crippen LogP contribution in [0.3, 0.4) is 0 Å². The van der Waals surface area contributed by atoms with Crippen LogP contribution in [-0.2, 0) is 17.8 Å². The van der Waals surface area contributed by atoms with Crippen LogP contribution >= 0.6 is 0 Å². The molecular weight excluding hydrogens is 388 g/mol. The number of carbonyl (C=O) groups is 1. The maximum absolute atomic E-state index is 12.6. The van der Waals surface area contributed by atoms with E-state index in [4.69, 9.17) is 4.98 Å². The van der Waals surface area contributed by atoms with Gasteiger partial charge in [0.25, 0.3) is 0 Å². The number of aromatic amines is 2. The van der Waals surface area contributed by atoms with E-state index in [2.05, 4.69) is 50.3 Å².